The van der Waals surface area contributed by atoms with Crippen LogP contribution in [-0.4, -0.2) is 16.3 Å². The topological polar surface area (TPSA) is 29.9 Å². The SMILES string of the molecule is Clc1cc(Cl)cc(-n2nc(-c3ccccc3Br)c3c2NCC3)c1. The van der Waals surface area contributed by atoms with Crippen LogP contribution in [-0.2, 0) is 6.42 Å². The normalized spacial score (nSPS) is 13.0. The highest BCUT2D eigenvalue weighted by Gasteiger charge is 2.25. The molecule has 0 amide bonds. The van der Waals surface area contributed by atoms with Gasteiger partial charge in [0.25, 0.3) is 0 Å². The molecule has 1 aliphatic rings. The van der Waals surface area contributed by atoms with Gasteiger partial charge in [-0.05, 0) is 30.7 Å². The summed E-state index contributed by atoms with van der Waals surface area (Å²) in [6, 6.07) is 13.6. The molecule has 4 rings (SSSR count). The van der Waals surface area contributed by atoms with Gasteiger partial charge in [0.2, 0.25) is 0 Å². The molecule has 1 aliphatic heterocycles. The summed E-state index contributed by atoms with van der Waals surface area (Å²) < 4.78 is 2.91. The first kappa shape index (κ1) is 15.1. The molecule has 23 heavy (non-hydrogen) atoms. The maximum Gasteiger partial charge on any atom is 0.133 e. The molecule has 0 aliphatic carbocycles. The van der Waals surface area contributed by atoms with Gasteiger partial charge in [0, 0.05) is 32.2 Å². The van der Waals surface area contributed by atoms with Gasteiger partial charge in [0.15, 0.2) is 0 Å². The largest absolute Gasteiger partial charge is 0.369 e. The van der Waals surface area contributed by atoms with Crippen LogP contribution in [0.15, 0.2) is 46.9 Å². The lowest BCUT2D eigenvalue weighted by atomic mass is 10.1. The third kappa shape index (κ3) is 2.65. The van der Waals surface area contributed by atoms with Gasteiger partial charge in [0.05, 0.1) is 11.4 Å². The third-order valence-electron chi connectivity index (χ3n) is 3.87. The summed E-state index contributed by atoms with van der Waals surface area (Å²) in [7, 11) is 0. The van der Waals surface area contributed by atoms with Crippen LogP contribution in [0.2, 0.25) is 10.0 Å². The number of hydrogen-bond donors (Lipinski definition) is 1. The molecule has 3 nitrogen and oxygen atoms in total. The van der Waals surface area contributed by atoms with Gasteiger partial charge in [-0.3, -0.25) is 0 Å². The monoisotopic (exact) mass is 407 g/mol. The van der Waals surface area contributed by atoms with E-state index in [9.17, 15) is 0 Å². The first-order valence-electron chi connectivity index (χ1n) is 7.20. The Morgan fingerprint density at radius 3 is 2.57 bits per heavy atom. The predicted molar refractivity (Wildman–Crippen MR) is 98.9 cm³/mol. The Kier molecular flexibility index (Phi) is 3.84. The number of nitrogens with zero attached hydrogens (tertiary/aromatic N) is 2. The van der Waals surface area contributed by atoms with Crippen LogP contribution in [0.5, 0.6) is 0 Å². The van der Waals surface area contributed by atoms with Crippen molar-refractivity contribution in [1.82, 2.24) is 9.78 Å². The molecule has 0 spiro atoms. The van der Waals surface area contributed by atoms with Crippen LogP contribution in [0.1, 0.15) is 5.56 Å². The standard InChI is InChI=1S/C17H12BrCl2N3/c18-15-4-2-1-3-13(15)16-14-5-6-21-17(14)23(22-16)12-8-10(19)7-11(20)9-12/h1-4,7-9,21H,5-6H2. The third-order valence-corrected chi connectivity index (χ3v) is 5.00. The molecule has 0 saturated heterocycles. The minimum Gasteiger partial charge on any atom is -0.369 e. The second-order valence-corrected chi connectivity index (χ2v) is 7.10. The number of halogens is 3. The average Bonchev–Trinajstić information content (AvgIpc) is 3.09. The number of benzene rings is 2. The van der Waals surface area contributed by atoms with Gasteiger partial charge in [-0.15, -0.1) is 0 Å². The minimum absolute atomic E-state index is 0.595. The Bertz CT molecular complexity index is 885. The molecule has 0 atom stereocenters. The Morgan fingerprint density at radius 2 is 1.83 bits per heavy atom. The fourth-order valence-electron chi connectivity index (χ4n) is 2.89. The molecule has 1 aromatic heterocycles. The van der Waals surface area contributed by atoms with Crippen LogP contribution in [0.3, 0.4) is 0 Å². The summed E-state index contributed by atoms with van der Waals surface area (Å²) in [5.74, 6) is 1.01. The van der Waals surface area contributed by atoms with Crippen molar-refractivity contribution >= 4 is 44.9 Å². The van der Waals surface area contributed by atoms with E-state index < -0.39 is 0 Å². The molecular weight excluding hydrogens is 397 g/mol. The number of nitrogens with one attached hydrogen (secondary N) is 1. The van der Waals surface area contributed by atoms with Crippen LogP contribution in [0.4, 0.5) is 5.82 Å². The number of fused-ring (bicyclic) bond motifs is 1. The van der Waals surface area contributed by atoms with Crippen molar-refractivity contribution in [3.05, 3.63) is 62.5 Å². The zero-order valence-electron chi connectivity index (χ0n) is 12.0. The van der Waals surface area contributed by atoms with Crippen LogP contribution in [0, 0.1) is 0 Å². The predicted octanol–water partition coefficient (Wildman–Crippen LogP) is 5.58. The first-order valence-corrected chi connectivity index (χ1v) is 8.75. The minimum atomic E-state index is 0.595. The average molecular weight is 409 g/mol. The van der Waals surface area contributed by atoms with E-state index >= 15 is 0 Å². The number of anilines is 1. The highest BCUT2D eigenvalue weighted by atomic mass is 79.9. The molecule has 0 saturated carbocycles. The van der Waals surface area contributed by atoms with Crippen molar-refractivity contribution in [2.75, 3.05) is 11.9 Å². The summed E-state index contributed by atoms with van der Waals surface area (Å²) in [5, 5.41) is 9.43. The van der Waals surface area contributed by atoms with Crippen molar-refractivity contribution in [1.29, 1.82) is 0 Å². The second kappa shape index (κ2) is 5.86. The Balaban J connectivity index is 1.93. The van der Waals surface area contributed by atoms with Crippen molar-refractivity contribution in [2.45, 2.75) is 6.42 Å². The van der Waals surface area contributed by atoms with E-state index in [4.69, 9.17) is 28.3 Å². The Labute approximate surface area is 152 Å². The van der Waals surface area contributed by atoms with Crippen molar-refractivity contribution < 1.29 is 0 Å². The lowest BCUT2D eigenvalue weighted by molar-refractivity contribution is 0.882. The number of aromatic nitrogens is 2. The van der Waals surface area contributed by atoms with Gasteiger partial charge in [-0.2, -0.15) is 5.10 Å². The van der Waals surface area contributed by atoms with E-state index in [1.807, 2.05) is 35.0 Å². The van der Waals surface area contributed by atoms with Crippen molar-refractivity contribution in [2.24, 2.45) is 0 Å². The summed E-state index contributed by atoms with van der Waals surface area (Å²) in [4.78, 5) is 0. The Hall–Kier alpha value is -1.49. The van der Waals surface area contributed by atoms with E-state index in [0.29, 0.717) is 10.0 Å². The second-order valence-electron chi connectivity index (χ2n) is 5.37. The smallest absolute Gasteiger partial charge is 0.133 e. The van der Waals surface area contributed by atoms with Gasteiger partial charge >= 0.3 is 0 Å². The van der Waals surface area contributed by atoms with E-state index in [1.54, 1.807) is 6.07 Å². The van der Waals surface area contributed by atoms with Crippen molar-refractivity contribution in [3.63, 3.8) is 0 Å². The molecule has 0 radical (unpaired) electrons. The molecule has 2 heterocycles. The first-order chi connectivity index (χ1) is 11.1. The van der Waals surface area contributed by atoms with Gasteiger partial charge in [0.1, 0.15) is 5.82 Å². The lowest BCUT2D eigenvalue weighted by Crippen LogP contribution is -2.04. The van der Waals surface area contributed by atoms with Crippen LogP contribution in [0.25, 0.3) is 16.9 Å². The summed E-state index contributed by atoms with van der Waals surface area (Å²) in [5.41, 5.74) is 4.13. The molecule has 6 heteroatoms. The summed E-state index contributed by atoms with van der Waals surface area (Å²) in [6.45, 7) is 0.902. The fraction of sp³-hybridized carbons (Fsp3) is 0.118. The highest BCUT2D eigenvalue weighted by molar-refractivity contribution is 9.10. The summed E-state index contributed by atoms with van der Waals surface area (Å²) in [6.07, 6.45) is 0.945. The molecule has 1 N–H and O–H groups in total. The molecule has 0 unspecified atom stereocenters. The zero-order valence-corrected chi connectivity index (χ0v) is 15.1. The van der Waals surface area contributed by atoms with E-state index in [-0.39, 0.29) is 0 Å². The number of rotatable bonds is 2. The maximum absolute atomic E-state index is 6.15. The lowest BCUT2D eigenvalue weighted by Gasteiger charge is -2.07. The summed E-state index contributed by atoms with van der Waals surface area (Å²) >= 11 is 15.9. The zero-order chi connectivity index (χ0) is 16.0. The van der Waals surface area contributed by atoms with E-state index in [1.165, 1.54) is 5.56 Å². The quantitative estimate of drug-likeness (QED) is 0.600. The number of hydrogen-bond acceptors (Lipinski definition) is 2. The molecule has 3 aromatic rings. The maximum atomic E-state index is 6.15. The van der Waals surface area contributed by atoms with Gasteiger partial charge < -0.3 is 5.32 Å². The fourth-order valence-corrected chi connectivity index (χ4v) is 3.88. The van der Waals surface area contributed by atoms with Gasteiger partial charge in [-0.1, -0.05) is 57.3 Å². The molecule has 2 aromatic carbocycles. The van der Waals surface area contributed by atoms with Crippen LogP contribution < -0.4 is 5.32 Å². The molecule has 0 fully saturated rings. The molecular formula is C17H12BrCl2N3. The van der Waals surface area contributed by atoms with Crippen LogP contribution >= 0.6 is 39.1 Å². The van der Waals surface area contributed by atoms with E-state index in [2.05, 4.69) is 27.3 Å². The molecule has 116 valence electrons. The van der Waals surface area contributed by atoms with Crippen molar-refractivity contribution in [3.8, 4) is 16.9 Å². The van der Waals surface area contributed by atoms with Gasteiger partial charge in [-0.25, -0.2) is 4.68 Å². The molecule has 0 bridgehead atoms. The Morgan fingerprint density at radius 1 is 1.09 bits per heavy atom. The highest BCUT2D eigenvalue weighted by Crippen LogP contribution is 2.38. The van der Waals surface area contributed by atoms with E-state index in [0.717, 1.165) is 40.2 Å².